The Kier molecular flexibility index (Phi) is 4.40. The second-order valence-corrected chi connectivity index (χ2v) is 4.93. The van der Waals surface area contributed by atoms with Gasteiger partial charge in [0.2, 0.25) is 0 Å². The molecule has 0 saturated carbocycles. The monoisotopic (exact) mass is 237 g/mol. The van der Waals surface area contributed by atoms with E-state index in [0.29, 0.717) is 0 Å². The highest BCUT2D eigenvalue weighted by atomic mass is 16.5. The van der Waals surface area contributed by atoms with E-state index in [0.717, 1.165) is 23.5 Å². The van der Waals surface area contributed by atoms with Gasteiger partial charge in [-0.25, -0.2) is 0 Å². The summed E-state index contributed by atoms with van der Waals surface area (Å²) in [6.45, 7) is 6.47. The maximum atomic E-state index is 6.35. The molecule has 0 aliphatic carbocycles. The molecule has 1 atom stereocenters. The molecule has 0 fully saturated rings. The van der Waals surface area contributed by atoms with E-state index < -0.39 is 0 Å². The Bertz CT molecular complexity index is 374. The van der Waals surface area contributed by atoms with E-state index in [1.807, 2.05) is 18.2 Å². The van der Waals surface area contributed by atoms with Gasteiger partial charge in [-0.1, -0.05) is 20.8 Å². The average molecular weight is 237 g/mol. The second-order valence-electron chi connectivity index (χ2n) is 4.93. The van der Waals surface area contributed by atoms with Crippen molar-refractivity contribution in [3.05, 3.63) is 23.8 Å². The summed E-state index contributed by atoms with van der Waals surface area (Å²) in [5.41, 5.74) is 7.37. The van der Waals surface area contributed by atoms with Gasteiger partial charge in [-0.3, -0.25) is 0 Å². The molecule has 0 saturated heterocycles. The lowest BCUT2D eigenvalue weighted by molar-refractivity contribution is 0.270. The van der Waals surface area contributed by atoms with Gasteiger partial charge in [0.25, 0.3) is 0 Å². The van der Waals surface area contributed by atoms with Crippen molar-refractivity contribution in [2.24, 2.45) is 11.1 Å². The minimum Gasteiger partial charge on any atom is -0.497 e. The first-order valence-electron chi connectivity index (χ1n) is 5.93. The van der Waals surface area contributed by atoms with E-state index >= 15 is 0 Å². The molecule has 0 aliphatic heterocycles. The fraction of sp³-hybridized carbons (Fsp3) is 0.571. The second kappa shape index (κ2) is 5.41. The van der Waals surface area contributed by atoms with Gasteiger partial charge in [-0.2, -0.15) is 0 Å². The van der Waals surface area contributed by atoms with E-state index in [9.17, 15) is 0 Å². The molecule has 0 spiro atoms. The molecule has 0 heterocycles. The number of ether oxygens (including phenoxy) is 2. The Balaban J connectivity index is 3.18. The van der Waals surface area contributed by atoms with Crippen LogP contribution >= 0.6 is 0 Å². The van der Waals surface area contributed by atoms with E-state index in [1.165, 1.54) is 0 Å². The van der Waals surface area contributed by atoms with Crippen LogP contribution < -0.4 is 15.2 Å². The zero-order valence-electron chi connectivity index (χ0n) is 11.4. The van der Waals surface area contributed by atoms with Gasteiger partial charge < -0.3 is 15.2 Å². The van der Waals surface area contributed by atoms with Crippen LogP contribution in [0.3, 0.4) is 0 Å². The van der Waals surface area contributed by atoms with E-state index in [1.54, 1.807) is 14.2 Å². The molecular formula is C14H23NO2. The lowest BCUT2D eigenvalue weighted by Crippen LogP contribution is -2.29. The van der Waals surface area contributed by atoms with Crippen LogP contribution in [0.2, 0.25) is 0 Å². The zero-order valence-corrected chi connectivity index (χ0v) is 11.4. The van der Waals surface area contributed by atoms with Crippen molar-refractivity contribution in [2.45, 2.75) is 33.2 Å². The first kappa shape index (κ1) is 13.8. The number of rotatable bonds is 5. The van der Waals surface area contributed by atoms with E-state index in [2.05, 4.69) is 20.8 Å². The van der Waals surface area contributed by atoms with Gasteiger partial charge in [-0.05, 0) is 30.0 Å². The molecule has 0 aliphatic rings. The van der Waals surface area contributed by atoms with Crippen LogP contribution in [0.5, 0.6) is 11.5 Å². The van der Waals surface area contributed by atoms with Gasteiger partial charge in [0.05, 0.1) is 14.2 Å². The fourth-order valence-corrected chi connectivity index (χ4v) is 1.72. The molecule has 1 rings (SSSR count). The molecule has 2 N–H and O–H groups in total. The Morgan fingerprint density at radius 1 is 1.24 bits per heavy atom. The van der Waals surface area contributed by atoms with E-state index in [-0.39, 0.29) is 11.5 Å². The molecule has 3 nitrogen and oxygen atoms in total. The predicted octanol–water partition coefficient (Wildman–Crippen LogP) is 3.14. The number of methoxy groups -OCH3 is 2. The van der Waals surface area contributed by atoms with E-state index in [4.69, 9.17) is 15.2 Å². The molecule has 0 radical (unpaired) electrons. The first-order chi connectivity index (χ1) is 7.96. The SMILES string of the molecule is CCC(C)(C)C(N)c1cc(OC)ccc1OC. The molecule has 17 heavy (non-hydrogen) atoms. The van der Waals surface area contributed by atoms with Crippen molar-refractivity contribution in [1.82, 2.24) is 0 Å². The maximum absolute atomic E-state index is 6.35. The summed E-state index contributed by atoms with van der Waals surface area (Å²) in [7, 11) is 3.32. The minimum atomic E-state index is -0.0717. The Labute approximate surface area is 104 Å². The number of hydrogen-bond donors (Lipinski definition) is 1. The van der Waals surface area contributed by atoms with Crippen LogP contribution in [0.25, 0.3) is 0 Å². The summed E-state index contributed by atoms with van der Waals surface area (Å²) in [6.07, 6.45) is 1.01. The molecular weight excluding hydrogens is 214 g/mol. The summed E-state index contributed by atoms with van der Waals surface area (Å²) in [6, 6.07) is 5.67. The summed E-state index contributed by atoms with van der Waals surface area (Å²) >= 11 is 0. The fourth-order valence-electron chi connectivity index (χ4n) is 1.72. The molecule has 3 heteroatoms. The Morgan fingerprint density at radius 3 is 2.35 bits per heavy atom. The highest BCUT2D eigenvalue weighted by Gasteiger charge is 2.28. The largest absolute Gasteiger partial charge is 0.497 e. The highest BCUT2D eigenvalue weighted by Crippen LogP contribution is 2.39. The summed E-state index contributed by atoms with van der Waals surface area (Å²) in [5.74, 6) is 1.63. The first-order valence-corrected chi connectivity index (χ1v) is 5.93. The van der Waals surface area contributed by atoms with Crippen LogP contribution in [0.1, 0.15) is 38.8 Å². The van der Waals surface area contributed by atoms with Gasteiger partial charge in [0, 0.05) is 11.6 Å². The van der Waals surface area contributed by atoms with Gasteiger partial charge in [-0.15, -0.1) is 0 Å². The summed E-state index contributed by atoms with van der Waals surface area (Å²) in [4.78, 5) is 0. The molecule has 1 aromatic rings. The van der Waals surface area contributed by atoms with Crippen molar-refractivity contribution in [2.75, 3.05) is 14.2 Å². The smallest absolute Gasteiger partial charge is 0.123 e. The maximum Gasteiger partial charge on any atom is 0.123 e. The zero-order chi connectivity index (χ0) is 13.1. The molecule has 0 bridgehead atoms. The van der Waals surface area contributed by atoms with Crippen molar-refractivity contribution in [3.8, 4) is 11.5 Å². The van der Waals surface area contributed by atoms with Crippen LogP contribution in [-0.4, -0.2) is 14.2 Å². The number of hydrogen-bond acceptors (Lipinski definition) is 3. The quantitative estimate of drug-likeness (QED) is 0.855. The molecule has 1 unspecified atom stereocenters. The van der Waals surface area contributed by atoms with Crippen molar-refractivity contribution in [3.63, 3.8) is 0 Å². The van der Waals surface area contributed by atoms with Crippen LogP contribution in [0.15, 0.2) is 18.2 Å². The van der Waals surface area contributed by atoms with Crippen LogP contribution in [0, 0.1) is 5.41 Å². The number of benzene rings is 1. The van der Waals surface area contributed by atoms with Crippen LogP contribution in [0.4, 0.5) is 0 Å². The Morgan fingerprint density at radius 2 is 1.88 bits per heavy atom. The van der Waals surface area contributed by atoms with Crippen molar-refractivity contribution < 1.29 is 9.47 Å². The van der Waals surface area contributed by atoms with Gasteiger partial charge in [0.1, 0.15) is 11.5 Å². The lowest BCUT2D eigenvalue weighted by atomic mass is 9.78. The number of nitrogens with two attached hydrogens (primary N) is 1. The molecule has 0 amide bonds. The van der Waals surface area contributed by atoms with Gasteiger partial charge in [0.15, 0.2) is 0 Å². The minimum absolute atomic E-state index is 0.0274. The van der Waals surface area contributed by atoms with Crippen LogP contribution in [-0.2, 0) is 0 Å². The lowest BCUT2D eigenvalue weighted by Gasteiger charge is -2.31. The summed E-state index contributed by atoms with van der Waals surface area (Å²) < 4.78 is 10.6. The summed E-state index contributed by atoms with van der Waals surface area (Å²) in [5, 5.41) is 0. The third-order valence-corrected chi connectivity index (χ3v) is 3.53. The topological polar surface area (TPSA) is 44.5 Å². The third kappa shape index (κ3) is 2.91. The predicted molar refractivity (Wildman–Crippen MR) is 70.5 cm³/mol. The third-order valence-electron chi connectivity index (χ3n) is 3.53. The molecule has 96 valence electrons. The average Bonchev–Trinajstić information content (AvgIpc) is 2.36. The standard InChI is InChI=1S/C14H23NO2/c1-6-14(2,3)13(15)11-9-10(16-4)7-8-12(11)17-5/h7-9,13H,6,15H2,1-5H3. The highest BCUT2D eigenvalue weighted by molar-refractivity contribution is 5.42. The molecule has 0 aromatic heterocycles. The van der Waals surface area contributed by atoms with Gasteiger partial charge >= 0.3 is 0 Å². The van der Waals surface area contributed by atoms with Crippen molar-refractivity contribution in [1.29, 1.82) is 0 Å². The van der Waals surface area contributed by atoms with Crippen molar-refractivity contribution >= 4 is 0 Å². The molecule has 1 aromatic carbocycles. The Hall–Kier alpha value is -1.22. The normalized spacial score (nSPS) is 13.3.